The van der Waals surface area contributed by atoms with Gasteiger partial charge >= 0.3 is 12.3 Å². The summed E-state index contributed by atoms with van der Waals surface area (Å²) in [4.78, 5) is 29.9. The van der Waals surface area contributed by atoms with Crippen LogP contribution in [0, 0.1) is 0 Å². The van der Waals surface area contributed by atoms with Crippen LogP contribution in [0.3, 0.4) is 0 Å². The van der Waals surface area contributed by atoms with E-state index < -0.39 is 46.5 Å². The van der Waals surface area contributed by atoms with Crippen LogP contribution in [0.15, 0.2) is 42.7 Å². The molecule has 2 aromatic carbocycles. The third kappa shape index (κ3) is 5.46. The van der Waals surface area contributed by atoms with Crippen molar-refractivity contribution in [2.75, 3.05) is 4.90 Å². The summed E-state index contributed by atoms with van der Waals surface area (Å²) in [5.74, 6) is 0.0149. The van der Waals surface area contributed by atoms with Crippen LogP contribution in [-0.4, -0.2) is 49.0 Å². The van der Waals surface area contributed by atoms with Crippen molar-refractivity contribution in [3.8, 4) is 0 Å². The van der Waals surface area contributed by atoms with Crippen LogP contribution in [0.5, 0.6) is 0 Å². The van der Waals surface area contributed by atoms with E-state index in [1.54, 1.807) is 56.9 Å². The predicted molar refractivity (Wildman–Crippen MR) is 158 cm³/mol. The second kappa shape index (κ2) is 10.6. The molecule has 45 heavy (non-hydrogen) atoms. The lowest BCUT2D eigenvalue weighted by atomic mass is 9.62. The lowest BCUT2D eigenvalue weighted by Crippen LogP contribution is -2.54. The van der Waals surface area contributed by atoms with Crippen molar-refractivity contribution in [1.29, 1.82) is 0 Å². The van der Waals surface area contributed by atoms with E-state index in [1.807, 2.05) is 13.0 Å². The number of carbonyl (C=O) groups excluding carboxylic acids is 2. The van der Waals surface area contributed by atoms with Gasteiger partial charge in [-0.05, 0) is 101 Å². The van der Waals surface area contributed by atoms with Gasteiger partial charge in [0.15, 0.2) is 0 Å². The van der Waals surface area contributed by atoms with Gasteiger partial charge in [-0.1, -0.05) is 12.1 Å². The normalized spacial score (nSPS) is 22.5. The SMILES string of the molecule is Cn1cnnc1C1(c2cccc(N3Cc4c(cc(CN(C(=O)OC(C)(C)C)C5(C)CCC5)cc4C(F)(F)F)C3=O)c2)CC(F)C1. The lowest BCUT2D eigenvalue weighted by molar-refractivity contribution is -0.138. The van der Waals surface area contributed by atoms with E-state index in [1.165, 1.54) is 15.9 Å². The van der Waals surface area contributed by atoms with Gasteiger partial charge in [-0.2, -0.15) is 13.2 Å². The van der Waals surface area contributed by atoms with Crippen molar-refractivity contribution < 1.29 is 31.9 Å². The number of carbonyl (C=O) groups is 2. The molecule has 1 aliphatic heterocycles. The van der Waals surface area contributed by atoms with Crippen molar-refractivity contribution in [2.45, 2.75) is 102 Å². The Balaban J connectivity index is 1.35. The summed E-state index contributed by atoms with van der Waals surface area (Å²) in [6.07, 6.45) is -2.16. The largest absolute Gasteiger partial charge is 0.444 e. The molecule has 0 saturated heterocycles. The molecule has 0 bridgehead atoms. The van der Waals surface area contributed by atoms with Crippen LogP contribution < -0.4 is 4.90 Å². The first kappa shape index (κ1) is 31.0. The third-order valence-electron chi connectivity index (χ3n) is 9.43. The Labute approximate surface area is 259 Å². The lowest BCUT2D eigenvalue weighted by Gasteiger charge is -2.47. The molecule has 240 valence electrons. The van der Waals surface area contributed by atoms with Gasteiger partial charge in [0, 0.05) is 30.4 Å². The van der Waals surface area contributed by atoms with E-state index in [9.17, 15) is 27.2 Å². The zero-order valence-electron chi connectivity index (χ0n) is 26.0. The number of nitrogens with zero attached hydrogens (tertiary/aromatic N) is 5. The maximum Gasteiger partial charge on any atom is 0.416 e. The van der Waals surface area contributed by atoms with Crippen LogP contribution in [0.2, 0.25) is 0 Å². The van der Waals surface area contributed by atoms with Crippen LogP contribution >= 0.6 is 0 Å². The van der Waals surface area contributed by atoms with Gasteiger partial charge < -0.3 is 14.2 Å². The number of rotatable bonds is 6. The van der Waals surface area contributed by atoms with Gasteiger partial charge in [0.05, 0.1) is 17.5 Å². The number of halogens is 4. The highest BCUT2D eigenvalue weighted by atomic mass is 19.4. The number of aryl methyl sites for hydroxylation is 1. The Morgan fingerprint density at radius 3 is 2.40 bits per heavy atom. The maximum absolute atomic E-state index is 14.5. The first-order valence-corrected chi connectivity index (χ1v) is 15.2. The summed E-state index contributed by atoms with van der Waals surface area (Å²) in [7, 11) is 1.78. The Hall–Kier alpha value is -3.96. The minimum atomic E-state index is -4.73. The molecule has 0 unspecified atom stereocenters. The first-order chi connectivity index (χ1) is 21.0. The molecule has 0 atom stereocenters. The monoisotopic (exact) mass is 627 g/mol. The number of ether oxygens (including phenoxy) is 1. The molecule has 12 heteroatoms. The van der Waals surface area contributed by atoms with Crippen LogP contribution in [0.1, 0.15) is 98.2 Å². The molecule has 2 heterocycles. The van der Waals surface area contributed by atoms with E-state index >= 15 is 0 Å². The fourth-order valence-electron chi connectivity index (χ4n) is 6.89. The fourth-order valence-corrected chi connectivity index (χ4v) is 6.89. The van der Waals surface area contributed by atoms with Gasteiger partial charge in [-0.25, -0.2) is 9.18 Å². The second-order valence-electron chi connectivity index (χ2n) is 13.9. The molecule has 6 rings (SSSR count). The Morgan fingerprint density at radius 1 is 1.13 bits per heavy atom. The summed E-state index contributed by atoms with van der Waals surface area (Å²) in [6, 6.07) is 9.46. The Morgan fingerprint density at radius 2 is 1.84 bits per heavy atom. The minimum Gasteiger partial charge on any atom is -0.444 e. The molecular weight excluding hydrogens is 590 g/mol. The topological polar surface area (TPSA) is 80.6 Å². The molecule has 3 aromatic rings. The number of alkyl halides is 4. The highest BCUT2D eigenvalue weighted by Crippen LogP contribution is 2.50. The molecule has 2 amide bonds. The highest BCUT2D eigenvalue weighted by Gasteiger charge is 2.51. The van der Waals surface area contributed by atoms with Gasteiger partial charge in [0.2, 0.25) is 0 Å². The van der Waals surface area contributed by atoms with Crippen molar-refractivity contribution in [3.63, 3.8) is 0 Å². The molecular formula is C33H37F4N5O3. The van der Waals surface area contributed by atoms with Gasteiger partial charge in [-0.15, -0.1) is 10.2 Å². The number of aromatic nitrogens is 3. The quantitative estimate of drug-likeness (QED) is 0.273. The highest BCUT2D eigenvalue weighted by molar-refractivity contribution is 6.10. The molecule has 2 aliphatic carbocycles. The predicted octanol–water partition coefficient (Wildman–Crippen LogP) is 7.09. The van der Waals surface area contributed by atoms with E-state index in [0.717, 1.165) is 12.5 Å². The number of hydrogen-bond acceptors (Lipinski definition) is 5. The molecule has 1 aromatic heterocycles. The Kier molecular flexibility index (Phi) is 7.28. The third-order valence-corrected chi connectivity index (χ3v) is 9.43. The van der Waals surface area contributed by atoms with Crippen LogP contribution in [0.25, 0.3) is 0 Å². The van der Waals surface area contributed by atoms with Crippen molar-refractivity contribution in [3.05, 3.63) is 76.4 Å². The standard InChI is InChI=1S/C33H37F4N5O3/c1-30(2,3)45-29(44)42(31(4)10-7-11-31)17-20-12-24-25(26(13-20)33(35,36)37)18-41(27(24)43)23-9-6-8-21(14-23)32(15-22(34)16-32)28-39-38-19-40(28)5/h6,8-9,12-14,19,22H,7,10-11,15-18H2,1-5H3. The number of fused-ring (bicyclic) bond motifs is 1. The summed E-state index contributed by atoms with van der Waals surface area (Å²) in [6.45, 7) is 6.71. The minimum absolute atomic E-state index is 0.0522. The maximum atomic E-state index is 14.5. The number of benzene rings is 2. The van der Waals surface area contributed by atoms with Gasteiger partial charge in [-0.3, -0.25) is 9.69 Å². The number of amides is 2. The first-order valence-electron chi connectivity index (χ1n) is 15.2. The van der Waals surface area contributed by atoms with E-state index in [0.29, 0.717) is 29.9 Å². The molecule has 0 spiro atoms. The number of anilines is 1. The molecule has 3 aliphatic rings. The van der Waals surface area contributed by atoms with Crippen molar-refractivity contribution >= 4 is 17.7 Å². The zero-order chi connectivity index (χ0) is 32.5. The van der Waals surface area contributed by atoms with Crippen LogP contribution in [0.4, 0.5) is 28.0 Å². The number of hydrogen-bond donors (Lipinski definition) is 0. The van der Waals surface area contributed by atoms with Gasteiger partial charge in [0.1, 0.15) is 23.9 Å². The van der Waals surface area contributed by atoms with Gasteiger partial charge in [0.25, 0.3) is 5.91 Å². The van der Waals surface area contributed by atoms with E-state index in [4.69, 9.17) is 4.74 Å². The van der Waals surface area contributed by atoms with Crippen molar-refractivity contribution in [2.24, 2.45) is 7.05 Å². The summed E-state index contributed by atoms with van der Waals surface area (Å²) in [5, 5.41) is 8.19. The summed E-state index contributed by atoms with van der Waals surface area (Å²) >= 11 is 0. The zero-order valence-corrected chi connectivity index (χ0v) is 26.0. The summed E-state index contributed by atoms with van der Waals surface area (Å²) in [5.41, 5.74) is -1.85. The van der Waals surface area contributed by atoms with Crippen LogP contribution in [-0.2, 0) is 36.5 Å². The smallest absolute Gasteiger partial charge is 0.416 e. The average Bonchev–Trinajstić information content (AvgIpc) is 3.49. The van der Waals surface area contributed by atoms with Crippen molar-refractivity contribution in [1.82, 2.24) is 19.7 Å². The molecule has 2 fully saturated rings. The molecule has 8 nitrogen and oxygen atoms in total. The van der Waals surface area contributed by atoms with E-state index in [-0.39, 0.29) is 42.6 Å². The fraction of sp³-hybridized carbons (Fsp3) is 0.515. The molecule has 2 saturated carbocycles. The second-order valence-corrected chi connectivity index (χ2v) is 13.9. The Bertz CT molecular complexity index is 1650. The summed E-state index contributed by atoms with van der Waals surface area (Å²) < 4.78 is 65.3. The molecule has 0 radical (unpaired) electrons. The average molecular weight is 628 g/mol. The molecule has 0 N–H and O–H groups in total. The van der Waals surface area contributed by atoms with E-state index in [2.05, 4.69) is 10.2 Å².